The van der Waals surface area contributed by atoms with Crippen LogP contribution < -0.4 is 21.7 Å². The standard InChI is InChI=1S/C33H40N4O3/c34-22-26-16-18-27(19-17-26)23-35-32(39)29(20-24-10-4-1-5-11-24)37-33(40)30(21-25-12-6-2-7-13-25)36-31(38)28-14-8-3-9-15-28/h1,3-5,8-11,14-19,25,29-30H,2,6-7,12-13,20-23,34H2,(H,35,39)(H,36,38)(H,37,40). The van der Waals surface area contributed by atoms with Crippen LogP contribution >= 0.6 is 0 Å². The number of rotatable bonds is 12. The van der Waals surface area contributed by atoms with Crippen molar-refractivity contribution in [1.29, 1.82) is 0 Å². The van der Waals surface area contributed by atoms with E-state index in [4.69, 9.17) is 5.73 Å². The highest BCUT2D eigenvalue weighted by atomic mass is 16.2. The summed E-state index contributed by atoms with van der Waals surface area (Å²) in [6.45, 7) is 0.793. The van der Waals surface area contributed by atoms with E-state index in [-0.39, 0.29) is 17.7 Å². The number of carbonyl (C=O) groups excluding carboxylic acids is 3. The van der Waals surface area contributed by atoms with Crippen LogP contribution in [0.15, 0.2) is 84.9 Å². The average Bonchev–Trinajstić information content (AvgIpc) is 3.00. The molecule has 0 spiro atoms. The Hall–Kier alpha value is -3.97. The van der Waals surface area contributed by atoms with E-state index in [1.165, 1.54) is 6.42 Å². The normalized spacial score (nSPS) is 15.0. The molecule has 7 nitrogen and oxygen atoms in total. The summed E-state index contributed by atoms with van der Waals surface area (Å²) in [5.41, 5.74) is 9.10. The van der Waals surface area contributed by atoms with Gasteiger partial charge in [0.25, 0.3) is 5.91 Å². The van der Waals surface area contributed by atoms with Gasteiger partial charge in [0, 0.05) is 25.1 Å². The van der Waals surface area contributed by atoms with Crippen molar-refractivity contribution in [2.45, 2.75) is 70.1 Å². The SMILES string of the molecule is NCc1ccc(CNC(=O)C(Cc2ccccc2)NC(=O)C(CC2CCCCC2)NC(=O)c2ccccc2)cc1. The maximum Gasteiger partial charge on any atom is 0.251 e. The first-order valence-corrected chi connectivity index (χ1v) is 14.3. The summed E-state index contributed by atoms with van der Waals surface area (Å²) in [5, 5.41) is 8.93. The zero-order valence-electron chi connectivity index (χ0n) is 23.0. The molecule has 40 heavy (non-hydrogen) atoms. The Morgan fingerprint density at radius 2 is 1.32 bits per heavy atom. The van der Waals surface area contributed by atoms with Gasteiger partial charge in [-0.25, -0.2) is 0 Å². The number of hydrogen-bond acceptors (Lipinski definition) is 4. The number of carbonyl (C=O) groups is 3. The molecule has 1 aliphatic carbocycles. The molecule has 1 fully saturated rings. The van der Waals surface area contributed by atoms with Gasteiger partial charge in [0.05, 0.1) is 0 Å². The second-order valence-electron chi connectivity index (χ2n) is 10.6. The predicted molar refractivity (Wildman–Crippen MR) is 157 cm³/mol. The van der Waals surface area contributed by atoms with Crippen LogP contribution in [0.5, 0.6) is 0 Å². The summed E-state index contributed by atoms with van der Waals surface area (Å²) in [5.74, 6) is -0.538. The summed E-state index contributed by atoms with van der Waals surface area (Å²) >= 11 is 0. The molecule has 7 heteroatoms. The van der Waals surface area contributed by atoms with E-state index in [2.05, 4.69) is 16.0 Å². The summed E-state index contributed by atoms with van der Waals surface area (Å²) < 4.78 is 0. The quantitative estimate of drug-likeness (QED) is 0.275. The fraction of sp³-hybridized carbons (Fsp3) is 0.364. The molecule has 210 valence electrons. The van der Waals surface area contributed by atoms with Crippen LogP contribution in [0.2, 0.25) is 0 Å². The fourth-order valence-electron chi connectivity index (χ4n) is 5.26. The number of amides is 3. The minimum absolute atomic E-state index is 0.272. The molecule has 2 unspecified atom stereocenters. The van der Waals surface area contributed by atoms with Gasteiger partial charge >= 0.3 is 0 Å². The molecule has 3 amide bonds. The van der Waals surface area contributed by atoms with Crippen LogP contribution in [0.1, 0.15) is 65.6 Å². The van der Waals surface area contributed by atoms with Gasteiger partial charge in [-0.1, -0.05) is 105 Å². The zero-order valence-corrected chi connectivity index (χ0v) is 23.0. The first kappa shape index (κ1) is 29.0. The second kappa shape index (κ2) is 15.0. The van der Waals surface area contributed by atoms with Crippen molar-refractivity contribution in [1.82, 2.24) is 16.0 Å². The third-order valence-corrected chi connectivity index (χ3v) is 7.59. The number of nitrogens with two attached hydrogens (primary N) is 1. The lowest BCUT2D eigenvalue weighted by molar-refractivity contribution is -0.130. The smallest absolute Gasteiger partial charge is 0.251 e. The molecule has 0 heterocycles. The van der Waals surface area contributed by atoms with E-state index in [0.717, 1.165) is 42.4 Å². The zero-order chi connectivity index (χ0) is 28.2. The highest BCUT2D eigenvalue weighted by molar-refractivity contribution is 5.98. The topological polar surface area (TPSA) is 113 Å². The molecule has 3 aromatic rings. The first-order valence-electron chi connectivity index (χ1n) is 14.3. The largest absolute Gasteiger partial charge is 0.350 e. The Bertz CT molecular complexity index is 1230. The Morgan fingerprint density at radius 3 is 1.98 bits per heavy atom. The van der Waals surface area contributed by atoms with E-state index >= 15 is 0 Å². The predicted octanol–water partition coefficient (Wildman–Crippen LogP) is 4.26. The first-order chi connectivity index (χ1) is 19.5. The lowest BCUT2D eigenvalue weighted by Crippen LogP contribution is -2.54. The van der Waals surface area contributed by atoms with Crippen LogP contribution in [0.3, 0.4) is 0 Å². The van der Waals surface area contributed by atoms with Gasteiger partial charge in [0.15, 0.2) is 0 Å². The lowest BCUT2D eigenvalue weighted by atomic mass is 9.84. The Balaban J connectivity index is 1.48. The van der Waals surface area contributed by atoms with Crippen molar-refractivity contribution in [3.05, 3.63) is 107 Å². The summed E-state index contributed by atoms with van der Waals surface area (Å²) in [4.78, 5) is 40.2. The van der Waals surface area contributed by atoms with E-state index in [1.54, 1.807) is 24.3 Å². The van der Waals surface area contributed by atoms with Gasteiger partial charge in [0.2, 0.25) is 11.8 Å². The second-order valence-corrected chi connectivity index (χ2v) is 10.6. The van der Waals surface area contributed by atoms with Gasteiger partial charge in [-0.15, -0.1) is 0 Å². The number of nitrogens with one attached hydrogen (secondary N) is 3. The molecule has 0 aliphatic heterocycles. The van der Waals surface area contributed by atoms with Crippen LogP contribution in [0.25, 0.3) is 0 Å². The fourth-order valence-corrected chi connectivity index (χ4v) is 5.26. The van der Waals surface area contributed by atoms with Gasteiger partial charge in [-0.05, 0) is 41.2 Å². The molecule has 0 bridgehead atoms. The van der Waals surface area contributed by atoms with E-state index in [9.17, 15) is 14.4 Å². The summed E-state index contributed by atoms with van der Waals surface area (Å²) in [6, 6.07) is 24.8. The lowest BCUT2D eigenvalue weighted by Gasteiger charge is -2.28. The van der Waals surface area contributed by atoms with Crippen molar-refractivity contribution >= 4 is 17.7 Å². The molecule has 0 saturated heterocycles. The molecular formula is C33H40N4O3. The van der Waals surface area contributed by atoms with Crippen LogP contribution in [-0.4, -0.2) is 29.8 Å². The highest BCUT2D eigenvalue weighted by Crippen LogP contribution is 2.27. The maximum absolute atomic E-state index is 13.7. The molecule has 0 radical (unpaired) electrons. The maximum atomic E-state index is 13.7. The van der Waals surface area contributed by atoms with Crippen LogP contribution in [0, 0.1) is 5.92 Å². The Morgan fingerprint density at radius 1 is 0.700 bits per heavy atom. The van der Waals surface area contributed by atoms with E-state index in [0.29, 0.717) is 37.4 Å². The van der Waals surface area contributed by atoms with E-state index < -0.39 is 12.1 Å². The minimum atomic E-state index is -0.791. The third kappa shape index (κ3) is 8.78. The van der Waals surface area contributed by atoms with Crippen molar-refractivity contribution < 1.29 is 14.4 Å². The van der Waals surface area contributed by atoms with Crippen molar-refractivity contribution in [2.24, 2.45) is 11.7 Å². The minimum Gasteiger partial charge on any atom is -0.350 e. The highest BCUT2D eigenvalue weighted by Gasteiger charge is 2.30. The Kier molecular flexibility index (Phi) is 10.9. The molecule has 0 aromatic heterocycles. The van der Waals surface area contributed by atoms with Gasteiger partial charge in [0.1, 0.15) is 12.1 Å². The van der Waals surface area contributed by atoms with Gasteiger partial charge in [-0.3, -0.25) is 14.4 Å². The Labute approximate surface area is 236 Å². The molecule has 4 rings (SSSR count). The van der Waals surface area contributed by atoms with Gasteiger partial charge in [-0.2, -0.15) is 0 Å². The van der Waals surface area contributed by atoms with Crippen LogP contribution in [-0.2, 0) is 29.1 Å². The summed E-state index contributed by atoms with van der Waals surface area (Å²) in [6.07, 6.45) is 6.46. The van der Waals surface area contributed by atoms with E-state index in [1.807, 2.05) is 60.7 Å². The average molecular weight is 541 g/mol. The monoisotopic (exact) mass is 540 g/mol. The van der Waals surface area contributed by atoms with Crippen molar-refractivity contribution in [3.8, 4) is 0 Å². The van der Waals surface area contributed by atoms with Crippen molar-refractivity contribution in [2.75, 3.05) is 0 Å². The molecule has 2 atom stereocenters. The molecular weight excluding hydrogens is 500 g/mol. The number of hydrogen-bond donors (Lipinski definition) is 4. The number of benzene rings is 3. The molecule has 3 aromatic carbocycles. The molecule has 5 N–H and O–H groups in total. The molecule has 1 aliphatic rings. The third-order valence-electron chi connectivity index (χ3n) is 7.59. The van der Waals surface area contributed by atoms with Crippen LogP contribution in [0.4, 0.5) is 0 Å². The molecule has 1 saturated carbocycles. The summed E-state index contributed by atoms with van der Waals surface area (Å²) in [7, 11) is 0. The van der Waals surface area contributed by atoms with Crippen molar-refractivity contribution in [3.63, 3.8) is 0 Å². The van der Waals surface area contributed by atoms with Gasteiger partial charge < -0.3 is 21.7 Å².